The topological polar surface area (TPSA) is 83.6 Å². The van der Waals surface area contributed by atoms with E-state index in [0.717, 1.165) is 4.90 Å². The van der Waals surface area contributed by atoms with Crippen molar-refractivity contribution in [3.63, 3.8) is 0 Å². The molecule has 1 aromatic carbocycles. The molecule has 1 aliphatic heterocycles. The minimum Gasteiger partial charge on any atom is -0.341 e. The van der Waals surface area contributed by atoms with Gasteiger partial charge in [-0.1, -0.05) is 0 Å². The van der Waals surface area contributed by atoms with E-state index >= 15 is 0 Å². The summed E-state index contributed by atoms with van der Waals surface area (Å²) in [5.41, 5.74) is 0.708. The predicted octanol–water partition coefficient (Wildman–Crippen LogP) is 1.77. The van der Waals surface area contributed by atoms with E-state index in [2.05, 4.69) is 5.32 Å². The lowest BCUT2D eigenvalue weighted by molar-refractivity contribution is -0.130. The maximum Gasteiger partial charge on any atom is 0.235 e. The molecule has 0 spiro atoms. The van der Waals surface area contributed by atoms with Crippen molar-refractivity contribution in [3.05, 3.63) is 24.3 Å². The van der Waals surface area contributed by atoms with Crippen LogP contribution in [0.1, 0.15) is 20.3 Å². The van der Waals surface area contributed by atoms with Crippen molar-refractivity contribution in [2.75, 3.05) is 23.9 Å². The van der Waals surface area contributed by atoms with Crippen LogP contribution in [0.3, 0.4) is 0 Å². The summed E-state index contributed by atoms with van der Waals surface area (Å²) in [6.07, 6.45) is 0.507. The number of benzene rings is 1. The average Bonchev–Trinajstić information content (AvgIpc) is 2.87. The lowest BCUT2D eigenvalue weighted by Crippen LogP contribution is -2.41. The number of hydrogen-bond donors (Lipinski definition) is 1. The van der Waals surface area contributed by atoms with Crippen LogP contribution in [0.5, 0.6) is 0 Å². The van der Waals surface area contributed by atoms with Gasteiger partial charge in [-0.25, -0.2) is 8.42 Å². The van der Waals surface area contributed by atoms with E-state index in [0.29, 0.717) is 12.1 Å². The molecule has 1 N–H and O–H groups in total. The monoisotopic (exact) mass is 370 g/mol. The summed E-state index contributed by atoms with van der Waals surface area (Å²) in [5.74, 6) is -0.000417. The Kier molecular flexibility index (Phi) is 5.92. The van der Waals surface area contributed by atoms with Crippen LogP contribution in [0.4, 0.5) is 5.69 Å². The molecule has 0 unspecified atom stereocenters. The molecular formula is C16H22N2O4S2. The van der Waals surface area contributed by atoms with Gasteiger partial charge < -0.3 is 10.2 Å². The zero-order chi connectivity index (χ0) is 17.9. The van der Waals surface area contributed by atoms with Gasteiger partial charge >= 0.3 is 0 Å². The number of anilines is 1. The van der Waals surface area contributed by atoms with Crippen molar-refractivity contribution in [2.45, 2.75) is 36.5 Å². The van der Waals surface area contributed by atoms with Gasteiger partial charge in [-0.3, -0.25) is 9.59 Å². The summed E-state index contributed by atoms with van der Waals surface area (Å²) in [6, 6.07) is 7.04. The van der Waals surface area contributed by atoms with E-state index in [-0.39, 0.29) is 34.6 Å². The minimum absolute atomic E-state index is 0.0536. The molecule has 8 heteroatoms. The molecule has 2 amide bonds. The largest absolute Gasteiger partial charge is 0.341 e. The van der Waals surface area contributed by atoms with Gasteiger partial charge in [-0.15, -0.1) is 11.8 Å². The average molecular weight is 370 g/mol. The van der Waals surface area contributed by atoms with E-state index < -0.39 is 9.84 Å². The lowest BCUT2D eigenvalue weighted by atomic mass is 10.2. The van der Waals surface area contributed by atoms with Crippen LogP contribution >= 0.6 is 11.8 Å². The zero-order valence-electron chi connectivity index (χ0n) is 14.0. The summed E-state index contributed by atoms with van der Waals surface area (Å²) in [7, 11) is -1.34. The molecule has 0 radical (unpaired) electrons. The molecule has 24 heavy (non-hydrogen) atoms. The number of amides is 2. The molecular weight excluding hydrogens is 348 g/mol. The molecule has 0 bridgehead atoms. The second-order valence-electron chi connectivity index (χ2n) is 5.97. The van der Waals surface area contributed by atoms with Crippen LogP contribution in [-0.4, -0.2) is 55.0 Å². The van der Waals surface area contributed by atoms with E-state index in [1.54, 1.807) is 24.1 Å². The zero-order valence-corrected chi connectivity index (χ0v) is 15.6. The predicted molar refractivity (Wildman–Crippen MR) is 95.9 cm³/mol. The second-order valence-corrected chi connectivity index (χ2v) is 9.61. The first-order chi connectivity index (χ1) is 11.2. The highest BCUT2D eigenvalue weighted by molar-refractivity contribution is 8.00. The van der Waals surface area contributed by atoms with Crippen molar-refractivity contribution in [3.8, 4) is 0 Å². The Bertz CT molecular complexity index is 716. The van der Waals surface area contributed by atoms with Crippen LogP contribution < -0.4 is 5.32 Å². The first-order valence-corrected chi connectivity index (χ1v) is 10.4. The van der Waals surface area contributed by atoms with Gasteiger partial charge in [0.2, 0.25) is 11.8 Å². The lowest BCUT2D eigenvalue weighted by Gasteiger charge is -2.26. The van der Waals surface area contributed by atoms with Crippen molar-refractivity contribution >= 4 is 39.1 Å². The number of thioether (sulfide) groups is 1. The van der Waals surface area contributed by atoms with Gasteiger partial charge in [-0.05, 0) is 37.6 Å². The Balaban J connectivity index is 1.94. The molecule has 1 aromatic rings. The fourth-order valence-electron chi connectivity index (χ4n) is 2.62. The van der Waals surface area contributed by atoms with Gasteiger partial charge in [-0.2, -0.15) is 0 Å². The van der Waals surface area contributed by atoms with E-state index in [4.69, 9.17) is 0 Å². The minimum atomic E-state index is -3.01. The number of sulfone groups is 1. The van der Waals surface area contributed by atoms with Crippen molar-refractivity contribution < 1.29 is 18.0 Å². The van der Waals surface area contributed by atoms with Crippen molar-refractivity contribution in [2.24, 2.45) is 0 Å². The first kappa shape index (κ1) is 18.8. The maximum atomic E-state index is 12.5. The van der Waals surface area contributed by atoms with Crippen molar-refractivity contribution in [1.29, 1.82) is 0 Å². The highest BCUT2D eigenvalue weighted by atomic mass is 32.2. The van der Waals surface area contributed by atoms with Gasteiger partial charge in [0.05, 0.1) is 16.8 Å². The molecule has 1 aliphatic rings. The Hall–Kier alpha value is -1.54. The molecule has 6 nitrogen and oxygen atoms in total. The van der Waals surface area contributed by atoms with Gasteiger partial charge in [0.15, 0.2) is 9.84 Å². The first-order valence-electron chi connectivity index (χ1n) is 7.69. The molecule has 1 heterocycles. The molecule has 0 saturated carbocycles. The normalized spacial score (nSPS) is 20.4. The summed E-state index contributed by atoms with van der Waals surface area (Å²) < 4.78 is 23.1. The number of carbonyl (C=O) groups excluding carboxylic acids is 2. The number of nitrogens with one attached hydrogen (secondary N) is 1. The van der Waals surface area contributed by atoms with E-state index in [9.17, 15) is 18.0 Å². The Morgan fingerprint density at radius 1 is 1.29 bits per heavy atom. The molecule has 1 saturated heterocycles. The summed E-state index contributed by atoms with van der Waals surface area (Å²) >= 11 is 1.41. The van der Waals surface area contributed by atoms with Crippen LogP contribution in [0, 0.1) is 0 Å². The van der Waals surface area contributed by atoms with Crippen LogP contribution in [0.25, 0.3) is 0 Å². The number of rotatable bonds is 5. The summed E-state index contributed by atoms with van der Waals surface area (Å²) in [4.78, 5) is 26.0. The third kappa shape index (κ3) is 4.98. The molecule has 1 fully saturated rings. The fraction of sp³-hybridized carbons (Fsp3) is 0.500. The maximum absolute atomic E-state index is 12.5. The third-order valence-corrected chi connectivity index (χ3v) is 6.79. The number of hydrogen-bond acceptors (Lipinski definition) is 5. The van der Waals surface area contributed by atoms with E-state index in [1.807, 2.05) is 19.1 Å². The molecule has 0 aliphatic carbocycles. The van der Waals surface area contributed by atoms with Crippen LogP contribution in [-0.2, 0) is 19.4 Å². The number of carbonyl (C=O) groups is 2. The van der Waals surface area contributed by atoms with Crippen LogP contribution in [0.2, 0.25) is 0 Å². The Labute approximate surface area is 146 Å². The molecule has 2 rings (SSSR count). The number of nitrogens with zero attached hydrogens (tertiary/aromatic N) is 1. The fourth-order valence-corrected chi connectivity index (χ4v) is 5.37. The summed E-state index contributed by atoms with van der Waals surface area (Å²) in [5, 5.41) is 2.38. The van der Waals surface area contributed by atoms with Gasteiger partial charge in [0, 0.05) is 30.6 Å². The smallest absolute Gasteiger partial charge is 0.235 e. The highest BCUT2D eigenvalue weighted by Crippen LogP contribution is 2.27. The van der Waals surface area contributed by atoms with Gasteiger partial charge in [0.25, 0.3) is 0 Å². The SMILES string of the molecule is CC(=O)Nc1ccc(S[C@H](C)C(=O)N(C)[C@@H]2CCS(=O)(=O)C2)cc1. The quantitative estimate of drug-likeness (QED) is 0.799. The third-order valence-electron chi connectivity index (χ3n) is 3.94. The Morgan fingerprint density at radius 2 is 1.92 bits per heavy atom. The van der Waals surface area contributed by atoms with Crippen LogP contribution in [0.15, 0.2) is 29.2 Å². The molecule has 132 valence electrons. The molecule has 0 aromatic heterocycles. The highest BCUT2D eigenvalue weighted by Gasteiger charge is 2.34. The standard InChI is InChI=1S/C16H22N2O4S2/c1-11(16(20)18(3)14-8-9-24(21,22)10-14)23-15-6-4-13(5-7-15)17-12(2)19/h4-7,11,14H,8-10H2,1-3H3,(H,17,19)/t11-,14-/m1/s1. The van der Waals surface area contributed by atoms with Crippen molar-refractivity contribution in [1.82, 2.24) is 4.90 Å². The molecule has 2 atom stereocenters. The Morgan fingerprint density at radius 3 is 2.42 bits per heavy atom. The summed E-state index contributed by atoms with van der Waals surface area (Å²) in [6.45, 7) is 3.26. The second kappa shape index (κ2) is 7.57. The van der Waals surface area contributed by atoms with E-state index in [1.165, 1.54) is 18.7 Å². The van der Waals surface area contributed by atoms with Gasteiger partial charge in [0.1, 0.15) is 0 Å².